The number of aryl methyl sites for hydroxylation is 1. The number of hydrogen-bond acceptors (Lipinski definition) is 8. The van der Waals surface area contributed by atoms with Crippen LogP contribution in [0.2, 0.25) is 0 Å². The Hall–Kier alpha value is -4.20. The van der Waals surface area contributed by atoms with Gasteiger partial charge in [-0.2, -0.15) is 20.7 Å². The Morgan fingerprint density at radius 3 is 2.78 bits per heavy atom. The van der Waals surface area contributed by atoms with E-state index in [2.05, 4.69) is 44.1 Å². The maximum atomic E-state index is 13.5. The molecule has 45 heavy (non-hydrogen) atoms. The van der Waals surface area contributed by atoms with E-state index in [4.69, 9.17) is 4.52 Å². The molecular formula is C32H37N7O5S. The predicted octanol–water partition coefficient (Wildman–Crippen LogP) is 4.63. The highest BCUT2D eigenvalue weighted by Gasteiger charge is 2.47. The topological polar surface area (TPSA) is 159 Å². The van der Waals surface area contributed by atoms with Gasteiger partial charge in [0, 0.05) is 37.8 Å². The first-order valence-electron chi connectivity index (χ1n) is 15.2. The third kappa shape index (κ3) is 6.07. The molecule has 2 fully saturated rings. The fraction of sp³-hybridized carbons (Fsp3) is 0.406. The van der Waals surface area contributed by atoms with Gasteiger partial charge in [0.2, 0.25) is 11.8 Å². The molecule has 2 aromatic carbocycles. The van der Waals surface area contributed by atoms with Gasteiger partial charge in [-0.25, -0.2) is 9.48 Å². The summed E-state index contributed by atoms with van der Waals surface area (Å²) >= 11 is 0. The van der Waals surface area contributed by atoms with Gasteiger partial charge in [0.1, 0.15) is 0 Å². The summed E-state index contributed by atoms with van der Waals surface area (Å²) in [5, 5.41) is 14.4. The van der Waals surface area contributed by atoms with Crippen LogP contribution in [0.15, 0.2) is 59.4 Å². The minimum atomic E-state index is -2.67. The number of nitrogens with zero attached hydrogens (tertiary/aromatic N) is 5. The molecule has 3 aliphatic rings. The lowest BCUT2D eigenvalue weighted by Gasteiger charge is -2.36. The largest absolute Gasteiger partial charge is 0.352 e. The van der Waals surface area contributed by atoms with Crippen molar-refractivity contribution in [3.63, 3.8) is 0 Å². The van der Waals surface area contributed by atoms with Crippen LogP contribution in [0.4, 0.5) is 4.79 Å². The Morgan fingerprint density at radius 1 is 1.18 bits per heavy atom. The van der Waals surface area contributed by atoms with Crippen LogP contribution in [0, 0.1) is 12.8 Å². The first-order chi connectivity index (χ1) is 21.6. The van der Waals surface area contributed by atoms with Crippen LogP contribution < -0.4 is 10.6 Å². The summed E-state index contributed by atoms with van der Waals surface area (Å²) < 4.78 is 27.5. The van der Waals surface area contributed by atoms with Crippen molar-refractivity contribution >= 4 is 22.5 Å². The molecule has 7 rings (SSSR count). The zero-order valence-corrected chi connectivity index (χ0v) is 26.1. The zero-order valence-electron chi connectivity index (χ0n) is 25.3. The second-order valence-electron chi connectivity index (χ2n) is 12.6. The minimum absolute atomic E-state index is 0.0563. The summed E-state index contributed by atoms with van der Waals surface area (Å²) in [4.78, 5) is 32.7. The van der Waals surface area contributed by atoms with Crippen LogP contribution in [-0.2, 0) is 24.3 Å². The molecule has 0 bridgehead atoms. The zero-order chi connectivity index (χ0) is 31.3. The number of fused-ring (bicyclic) bond motifs is 1. The molecule has 4 heterocycles. The van der Waals surface area contributed by atoms with Gasteiger partial charge in [-0.05, 0) is 79.1 Å². The number of carbonyl (C=O) groups is 2. The molecule has 4 aromatic rings. The van der Waals surface area contributed by atoms with Gasteiger partial charge in [-0.3, -0.25) is 13.9 Å². The van der Waals surface area contributed by atoms with E-state index in [9.17, 15) is 18.7 Å². The van der Waals surface area contributed by atoms with Crippen molar-refractivity contribution < 1.29 is 23.2 Å². The average Bonchev–Trinajstić information content (AvgIpc) is 3.28. The standard InChI is InChI=1S/C32H37N7O5S/c1-20-35-30(44-37-20)27-16-26(27)29(40)33-17-22-7-8-24(21-5-3-6-23(15-21)39-12-4-11-34-39)25-9-13-38(18-28(22)25)31(41)36-32(2)10-14-45(42,43)19-32/h3-8,11-12,15,26-27,42-43H,9-10,13-14,16-19H2,1-2H3,(H,33,40)(H,36,41)/t26?,27?,32-/m0/s1. The van der Waals surface area contributed by atoms with Gasteiger partial charge in [0.05, 0.1) is 28.8 Å². The summed E-state index contributed by atoms with van der Waals surface area (Å²) in [6.45, 7) is 4.85. The highest BCUT2D eigenvalue weighted by Crippen LogP contribution is 2.50. The molecule has 2 unspecified atom stereocenters. The highest BCUT2D eigenvalue weighted by molar-refractivity contribution is 8.24. The first-order valence-corrected chi connectivity index (χ1v) is 17.1. The highest BCUT2D eigenvalue weighted by atomic mass is 32.3. The normalized spacial score (nSPS) is 24.1. The van der Waals surface area contributed by atoms with Crippen LogP contribution >= 0.6 is 10.6 Å². The van der Waals surface area contributed by atoms with E-state index in [1.54, 1.807) is 18.0 Å². The van der Waals surface area contributed by atoms with Gasteiger partial charge < -0.3 is 20.1 Å². The summed E-state index contributed by atoms with van der Waals surface area (Å²) in [7, 11) is -2.67. The lowest BCUT2D eigenvalue weighted by atomic mass is 9.87. The van der Waals surface area contributed by atoms with E-state index in [0.29, 0.717) is 56.4 Å². The molecule has 0 radical (unpaired) electrons. The Kier molecular flexibility index (Phi) is 7.41. The minimum Gasteiger partial charge on any atom is -0.352 e. The number of rotatable bonds is 7. The van der Waals surface area contributed by atoms with Gasteiger partial charge >= 0.3 is 6.03 Å². The molecule has 13 heteroatoms. The number of aromatic nitrogens is 4. The predicted molar refractivity (Wildman–Crippen MR) is 169 cm³/mol. The molecule has 0 spiro atoms. The van der Waals surface area contributed by atoms with Gasteiger partial charge in [-0.1, -0.05) is 29.4 Å². The molecular weight excluding hydrogens is 594 g/mol. The van der Waals surface area contributed by atoms with Crippen molar-refractivity contribution in [1.82, 2.24) is 35.5 Å². The Labute approximate surface area is 262 Å². The molecule has 3 amide bonds. The van der Waals surface area contributed by atoms with Crippen LogP contribution in [0.25, 0.3) is 16.8 Å². The third-order valence-electron chi connectivity index (χ3n) is 9.10. The van der Waals surface area contributed by atoms with Crippen molar-refractivity contribution in [2.75, 3.05) is 18.1 Å². The van der Waals surface area contributed by atoms with Crippen molar-refractivity contribution in [3.05, 3.63) is 83.3 Å². The van der Waals surface area contributed by atoms with Crippen LogP contribution in [0.5, 0.6) is 0 Å². The van der Waals surface area contributed by atoms with E-state index in [0.717, 1.165) is 33.5 Å². The summed E-state index contributed by atoms with van der Waals surface area (Å²) in [6, 6.07) is 14.0. The maximum absolute atomic E-state index is 13.5. The average molecular weight is 632 g/mol. The van der Waals surface area contributed by atoms with Crippen LogP contribution in [-0.4, -0.2) is 69.5 Å². The molecule has 2 aromatic heterocycles. The molecule has 3 atom stereocenters. The molecule has 2 aliphatic heterocycles. The second-order valence-corrected chi connectivity index (χ2v) is 14.9. The number of carbonyl (C=O) groups excluding carboxylic acids is 2. The summed E-state index contributed by atoms with van der Waals surface area (Å²) in [5.74, 6) is 1.21. The number of benzene rings is 2. The van der Waals surface area contributed by atoms with E-state index in [1.165, 1.54) is 0 Å². The number of amides is 3. The van der Waals surface area contributed by atoms with Crippen molar-refractivity contribution in [3.8, 4) is 16.8 Å². The fourth-order valence-electron chi connectivity index (χ4n) is 6.60. The molecule has 1 saturated heterocycles. The van der Waals surface area contributed by atoms with Gasteiger partial charge in [0.25, 0.3) is 0 Å². The Morgan fingerprint density at radius 2 is 2.04 bits per heavy atom. The third-order valence-corrected chi connectivity index (χ3v) is 11.1. The molecule has 12 nitrogen and oxygen atoms in total. The second kappa shape index (κ2) is 11.3. The van der Waals surface area contributed by atoms with Gasteiger partial charge in [-0.15, -0.1) is 0 Å². The number of urea groups is 1. The molecule has 1 aliphatic carbocycles. The lowest BCUT2D eigenvalue weighted by Crippen LogP contribution is -2.53. The molecule has 4 N–H and O–H groups in total. The van der Waals surface area contributed by atoms with Crippen molar-refractivity contribution in [2.24, 2.45) is 5.92 Å². The Balaban J connectivity index is 1.14. The summed E-state index contributed by atoms with van der Waals surface area (Å²) in [5.41, 5.74) is 5.53. The number of hydrogen-bond donors (Lipinski definition) is 4. The summed E-state index contributed by atoms with van der Waals surface area (Å²) in [6.07, 6.45) is 5.49. The van der Waals surface area contributed by atoms with E-state index in [-0.39, 0.29) is 29.5 Å². The first kappa shape index (κ1) is 29.5. The monoisotopic (exact) mass is 631 g/mol. The molecule has 236 valence electrons. The maximum Gasteiger partial charge on any atom is 0.318 e. The number of nitrogens with one attached hydrogen (secondary N) is 2. The fourth-order valence-corrected chi connectivity index (χ4v) is 8.76. The van der Waals surface area contributed by atoms with E-state index < -0.39 is 16.1 Å². The van der Waals surface area contributed by atoms with E-state index in [1.807, 2.05) is 42.1 Å². The lowest BCUT2D eigenvalue weighted by molar-refractivity contribution is -0.122. The van der Waals surface area contributed by atoms with Crippen molar-refractivity contribution in [2.45, 2.75) is 57.7 Å². The Bertz CT molecular complexity index is 1760. The van der Waals surface area contributed by atoms with Crippen LogP contribution in [0.1, 0.15) is 54.1 Å². The van der Waals surface area contributed by atoms with Crippen molar-refractivity contribution in [1.29, 1.82) is 0 Å². The quantitative estimate of drug-likeness (QED) is 0.230. The van der Waals surface area contributed by atoms with Crippen LogP contribution in [0.3, 0.4) is 0 Å². The van der Waals surface area contributed by atoms with E-state index >= 15 is 0 Å². The smallest absolute Gasteiger partial charge is 0.318 e. The molecule has 1 saturated carbocycles. The van der Waals surface area contributed by atoms with Gasteiger partial charge in [0.15, 0.2) is 5.82 Å². The SMILES string of the molecule is Cc1noc(C2CC2C(=O)NCc2ccc(-c3cccc(-n4cccn4)c3)c3c2CN(C(=O)N[C@@]2(C)CCS(O)(O)C2)CC3)n1.